The monoisotopic (exact) mass is 315 g/mol. The number of alkyl halides is 1. The molecule has 2 aromatic rings. The van der Waals surface area contributed by atoms with Gasteiger partial charge in [-0.3, -0.25) is 4.79 Å². The number of unbranched alkanes of at least 4 members (excludes halogenated alkanes) is 2. The SMILES string of the molecule is O=C(CCCCCCl)NC(c1ccccc1)c1ccccc1. The summed E-state index contributed by atoms with van der Waals surface area (Å²) < 4.78 is 0. The highest BCUT2D eigenvalue weighted by molar-refractivity contribution is 6.17. The molecule has 2 aromatic carbocycles. The molecule has 22 heavy (non-hydrogen) atoms. The second kappa shape index (κ2) is 9.26. The zero-order valence-electron chi connectivity index (χ0n) is 12.7. The maximum absolute atomic E-state index is 12.2. The van der Waals surface area contributed by atoms with E-state index in [4.69, 9.17) is 11.6 Å². The lowest BCUT2D eigenvalue weighted by atomic mass is 9.98. The van der Waals surface area contributed by atoms with Crippen LogP contribution in [0.4, 0.5) is 0 Å². The van der Waals surface area contributed by atoms with Gasteiger partial charge in [-0.1, -0.05) is 67.1 Å². The van der Waals surface area contributed by atoms with Crippen LogP contribution in [0.2, 0.25) is 0 Å². The van der Waals surface area contributed by atoms with E-state index in [2.05, 4.69) is 5.32 Å². The Labute approximate surface area is 137 Å². The van der Waals surface area contributed by atoms with Crippen molar-refractivity contribution in [2.45, 2.75) is 31.7 Å². The van der Waals surface area contributed by atoms with Gasteiger partial charge in [0.25, 0.3) is 0 Å². The van der Waals surface area contributed by atoms with Crippen LogP contribution in [-0.2, 0) is 4.79 Å². The van der Waals surface area contributed by atoms with Crippen molar-refractivity contribution in [2.75, 3.05) is 5.88 Å². The Morgan fingerprint density at radius 2 is 1.41 bits per heavy atom. The summed E-state index contributed by atoms with van der Waals surface area (Å²) in [7, 11) is 0. The third-order valence-electron chi connectivity index (χ3n) is 3.61. The van der Waals surface area contributed by atoms with Crippen molar-refractivity contribution in [3.63, 3.8) is 0 Å². The van der Waals surface area contributed by atoms with Gasteiger partial charge >= 0.3 is 0 Å². The lowest BCUT2D eigenvalue weighted by Gasteiger charge is -2.20. The molecule has 0 heterocycles. The van der Waals surface area contributed by atoms with E-state index in [1.165, 1.54) is 0 Å². The Hall–Kier alpha value is -1.80. The van der Waals surface area contributed by atoms with Gasteiger partial charge in [-0.05, 0) is 24.0 Å². The molecule has 1 amide bonds. The fourth-order valence-electron chi connectivity index (χ4n) is 2.44. The van der Waals surface area contributed by atoms with E-state index in [0.29, 0.717) is 12.3 Å². The Morgan fingerprint density at radius 3 is 1.91 bits per heavy atom. The van der Waals surface area contributed by atoms with Crippen LogP contribution in [0, 0.1) is 0 Å². The number of carbonyl (C=O) groups is 1. The molecule has 2 rings (SSSR count). The first-order valence-corrected chi connectivity index (χ1v) is 8.30. The van der Waals surface area contributed by atoms with E-state index in [9.17, 15) is 4.79 Å². The predicted octanol–water partition coefficient (Wildman–Crippen LogP) is 4.69. The van der Waals surface area contributed by atoms with Crippen molar-refractivity contribution >= 4 is 17.5 Å². The summed E-state index contributed by atoms with van der Waals surface area (Å²) in [5.74, 6) is 0.755. The van der Waals surface area contributed by atoms with Crippen LogP contribution >= 0.6 is 11.6 Å². The smallest absolute Gasteiger partial charge is 0.220 e. The fourth-order valence-corrected chi connectivity index (χ4v) is 2.63. The van der Waals surface area contributed by atoms with Crippen molar-refractivity contribution in [1.82, 2.24) is 5.32 Å². The number of rotatable bonds is 8. The van der Waals surface area contributed by atoms with Gasteiger partial charge in [0.1, 0.15) is 0 Å². The first kappa shape index (κ1) is 16.6. The van der Waals surface area contributed by atoms with Gasteiger partial charge < -0.3 is 5.32 Å². The van der Waals surface area contributed by atoms with Gasteiger partial charge in [-0.25, -0.2) is 0 Å². The molecule has 116 valence electrons. The average molecular weight is 316 g/mol. The zero-order valence-corrected chi connectivity index (χ0v) is 13.4. The van der Waals surface area contributed by atoms with Crippen LogP contribution in [0.25, 0.3) is 0 Å². The molecule has 0 bridgehead atoms. The van der Waals surface area contributed by atoms with Crippen LogP contribution in [0.3, 0.4) is 0 Å². The quantitative estimate of drug-likeness (QED) is 0.555. The number of hydrogen-bond donors (Lipinski definition) is 1. The summed E-state index contributed by atoms with van der Waals surface area (Å²) in [6.07, 6.45) is 3.40. The minimum Gasteiger partial charge on any atom is -0.345 e. The third kappa shape index (κ3) is 5.19. The molecule has 2 nitrogen and oxygen atoms in total. The lowest BCUT2D eigenvalue weighted by Crippen LogP contribution is -2.29. The van der Waals surface area contributed by atoms with Gasteiger partial charge in [-0.2, -0.15) is 0 Å². The largest absolute Gasteiger partial charge is 0.345 e. The maximum Gasteiger partial charge on any atom is 0.220 e. The Kier molecular flexibility index (Phi) is 6.98. The van der Waals surface area contributed by atoms with Crippen molar-refractivity contribution in [2.24, 2.45) is 0 Å². The highest BCUT2D eigenvalue weighted by Gasteiger charge is 2.16. The molecule has 0 saturated carbocycles. The fraction of sp³-hybridized carbons (Fsp3) is 0.316. The average Bonchev–Trinajstić information content (AvgIpc) is 2.58. The Morgan fingerprint density at radius 1 is 0.864 bits per heavy atom. The lowest BCUT2D eigenvalue weighted by molar-refractivity contribution is -0.121. The molecule has 0 radical (unpaired) electrons. The molecule has 0 aliphatic rings. The van der Waals surface area contributed by atoms with E-state index in [1.54, 1.807) is 0 Å². The molecular weight excluding hydrogens is 294 g/mol. The van der Waals surface area contributed by atoms with Gasteiger partial charge in [0, 0.05) is 12.3 Å². The van der Waals surface area contributed by atoms with E-state index in [-0.39, 0.29) is 11.9 Å². The molecule has 0 saturated heterocycles. The van der Waals surface area contributed by atoms with E-state index < -0.39 is 0 Å². The topological polar surface area (TPSA) is 29.1 Å². The van der Waals surface area contributed by atoms with Crippen molar-refractivity contribution < 1.29 is 4.79 Å². The molecule has 0 atom stereocenters. The summed E-state index contributed by atoms with van der Waals surface area (Å²) in [4.78, 5) is 12.2. The second-order valence-corrected chi connectivity index (χ2v) is 5.70. The number of carbonyl (C=O) groups excluding carboxylic acids is 1. The third-order valence-corrected chi connectivity index (χ3v) is 3.88. The number of halogens is 1. The maximum atomic E-state index is 12.2. The van der Waals surface area contributed by atoms with Gasteiger partial charge in [0.05, 0.1) is 6.04 Å². The highest BCUT2D eigenvalue weighted by Crippen LogP contribution is 2.22. The van der Waals surface area contributed by atoms with E-state index in [1.807, 2.05) is 60.7 Å². The molecule has 1 N–H and O–H groups in total. The second-order valence-electron chi connectivity index (χ2n) is 5.32. The van der Waals surface area contributed by atoms with Crippen LogP contribution < -0.4 is 5.32 Å². The number of benzene rings is 2. The van der Waals surface area contributed by atoms with Crippen molar-refractivity contribution in [3.05, 3.63) is 71.8 Å². The minimum atomic E-state index is -0.0945. The minimum absolute atomic E-state index is 0.0901. The Bertz CT molecular complexity index is 517. The number of amides is 1. The first-order valence-electron chi connectivity index (χ1n) is 7.76. The summed E-state index contributed by atoms with van der Waals surface area (Å²) >= 11 is 5.66. The van der Waals surface area contributed by atoms with Gasteiger partial charge in [-0.15, -0.1) is 11.6 Å². The highest BCUT2D eigenvalue weighted by atomic mass is 35.5. The summed E-state index contributed by atoms with van der Waals surface area (Å²) in [6, 6.07) is 20.1. The van der Waals surface area contributed by atoms with Crippen LogP contribution in [-0.4, -0.2) is 11.8 Å². The summed E-state index contributed by atoms with van der Waals surface area (Å²) in [5.41, 5.74) is 2.20. The molecule has 0 aliphatic carbocycles. The summed E-state index contributed by atoms with van der Waals surface area (Å²) in [6.45, 7) is 0. The van der Waals surface area contributed by atoms with Gasteiger partial charge in [0.2, 0.25) is 5.91 Å². The van der Waals surface area contributed by atoms with E-state index in [0.717, 1.165) is 30.4 Å². The van der Waals surface area contributed by atoms with Crippen molar-refractivity contribution in [1.29, 1.82) is 0 Å². The Balaban J connectivity index is 2.04. The van der Waals surface area contributed by atoms with E-state index >= 15 is 0 Å². The normalized spacial score (nSPS) is 10.6. The molecule has 0 aliphatic heterocycles. The molecular formula is C19H22ClNO. The predicted molar refractivity (Wildman–Crippen MR) is 92.1 cm³/mol. The zero-order chi connectivity index (χ0) is 15.6. The molecule has 0 unspecified atom stereocenters. The standard InChI is InChI=1S/C19H22ClNO/c20-15-9-3-8-14-18(22)21-19(16-10-4-1-5-11-16)17-12-6-2-7-13-17/h1-2,4-7,10-13,19H,3,8-9,14-15H2,(H,21,22). The first-order chi connectivity index (χ1) is 10.8. The molecule has 3 heteroatoms. The van der Waals surface area contributed by atoms with Crippen LogP contribution in [0.15, 0.2) is 60.7 Å². The van der Waals surface area contributed by atoms with Crippen molar-refractivity contribution in [3.8, 4) is 0 Å². The molecule has 0 fully saturated rings. The molecule has 0 aromatic heterocycles. The van der Waals surface area contributed by atoms with Crippen LogP contribution in [0.1, 0.15) is 42.9 Å². The summed E-state index contributed by atoms with van der Waals surface area (Å²) in [5, 5.41) is 3.15. The van der Waals surface area contributed by atoms with Crippen LogP contribution in [0.5, 0.6) is 0 Å². The number of nitrogens with one attached hydrogen (secondary N) is 1. The molecule has 0 spiro atoms. The number of hydrogen-bond acceptors (Lipinski definition) is 1. The van der Waals surface area contributed by atoms with Gasteiger partial charge in [0.15, 0.2) is 0 Å².